The minimum atomic E-state index is -0.697. The van der Waals surface area contributed by atoms with Gasteiger partial charge in [-0.15, -0.1) is 0 Å². The van der Waals surface area contributed by atoms with Crippen molar-refractivity contribution in [3.63, 3.8) is 0 Å². The van der Waals surface area contributed by atoms with Crippen LogP contribution in [0.25, 0.3) is 0 Å². The summed E-state index contributed by atoms with van der Waals surface area (Å²) in [7, 11) is 0. The molecule has 0 aromatic heterocycles. The summed E-state index contributed by atoms with van der Waals surface area (Å²) >= 11 is 0. The van der Waals surface area contributed by atoms with Crippen LogP contribution >= 0.6 is 0 Å². The average molecular weight is 262 g/mol. The Kier molecular flexibility index (Phi) is 7.95. The topological polar surface area (TPSA) is 37.3 Å². The summed E-state index contributed by atoms with van der Waals surface area (Å²) < 4.78 is 0. The van der Waals surface area contributed by atoms with Gasteiger partial charge in [-0.3, -0.25) is 4.79 Å². The molecule has 0 aliphatic heterocycles. The van der Waals surface area contributed by atoms with E-state index in [2.05, 4.69) is 6.92 Å². The Balaban J connectivity index is 2.26. The SMILES string of the molecule is CCCCCCCCCC(C(=O)O)c1ccccc1. The van der Waals surface area contributed by atoms with Crippen LogP contribution in [0.5, 0.6) is 0 Å². The van der Waals surface area contributed by atoms with Crippen molar-refractivity contribution >= 4 is 5.97 Å². The molecule has 0 saturated heterocycles. The number of carbonyl (C=O) groups is 1. The van der Waals surface area contributed by atoms with Crippen LogP contribution in [0.3, 0.4) is 0 Å². The number of aliphatic carboxylic acids is 1. The van der Waals surface area contributed by atoms with Gasteiger partial charge in [0.1, 0.15) is 0 Å². The van der Waals surface area contributed by atoms with Crippen molar-refractivity contribution in [2.75, 3.05) is 0 Å². The van der Waals surface area contributed by atoms with Crippen molar-refractivity contribution < 1.29 is 9.90 Å². The summed E-state index contributed by atoms with van der Waals surface area (Å²) in [6.45, 7) is 2.22. The van der Waals surface area contributed by atoms with Crippen molar-refractivity contribution in [2.24, 2.45) is 0 Å². The summed E-state index contributed by atoms with van der Waals surface area (Å²) in [6, 6.07) is 9.59. The lowest BCUT2D eigenvalue weighted by molar-refractivity contribution is -0.139. The van der Waals surface area contributed by atoms with Gasteiger partial charge in [0, 0.05) is 0 Å². The quantitative estimate of drug-likeness (QED) is 0.603. The summed E-state index contributed by atoms with van der Waals surface area (Å²) in [6.07, 6.45) is 9.36. The van der Waals surface area contributed by atoms with Crippen LogP contribution in [-0.4, -0.2) is 11.1 Å². The predicted octanol–water partition coefficient (Wildman–Crippen LogP) is 5.00. The molecule has 1 rings (SSSR count). The van der Waals surface area contributed by atoms with Crippen molar-refractivity contribution in [3.05, 3.63) is 35.9 Å². The van der Waals surface area contributed by atoms with Crippen LogP contribution in [0.15, 0.2) is 30.3 Å². The number of carboxylic acid groups (broad SMARTS) is 1. The number of unbranched alkanes of at least 4 members (excludes halogenated alkanes) is 6. The minimum absolute atomic E-state index is 0.336. The zero-order valence-corrected chi connectivity index (χ0v) is 12.0. The summed E-state index contributed by atoms with van der Waals surface area (Å²) in [5.74, 6) is -1.03. The van der Waals surface area contributed by atoms with Gasteiger partial charge in [0.25, 0.3) is 0 Å². The van der Waals surface area contributed by atoms with Crippen molar-refractivity contribution in [2.45, 2.75) is 64.2 Å². The van der Waals surface area contributed by atoms with Gasteiger partial charge in [-0.25, -0.2) is 0 Å². The molecule has 0 aliphatic carbocycles. The number of carboxylic acids is 1. The molecule has 2 nitrogen and oxygen atoms in total. The highest BCUT2D eigenvalue weighted by molar-refractivity contribution is 5.75. The van der Waals surface area contributed by atoms with E-state index in [-0.39, 0.29) is 5.92 Å². The predicted molar refractivity (Wildman–Crippen MR) is 79.4 cm³/mol. The Bertz CT molecular complexity index is 346. The molecule has 0 spiro atoms. The van der Waals surface area contributed by atoms with Crippen LogP contribution in [0.2, 0.25) is 0 Å². The normalized spacial score (nSPS) is 12.3. The summed E-state index contributed by atoms with van der Waals surface area (Å²) in [5.41, 5.74) is 0.931. The van der Waals surface area contributed by atoms with E-state index in [0.717, 1.165) is 24.8 Å². The minimum Gasteiger partial charge on any atom is -0.481 e. The third-order valence-corrected chi connectivity index (χ3v) is 3.60. The van der Waals surface area contributed by atoms with Crippen molar-refractivity contribution in [1.82, 2.24) is 0 Å². The highest BCUT2D eigenvalue weighted by atomic mass is 16.4. The zero-order chi connectivity index (χ0) is 13.9. The Labute approximate surface area is 116 Å². The maximum atomic E-state index is 11.3. The first-order valence-corrected chi connectivity index (χ1v) is 7.53. The molecule has 1 aromatic carbocycles. The first kappa shape index (κ1) is 15.7. The average Bonchev–Trinajstić information content (AvgIpc) is 2.42. The molecular weight excluding hydrogens is 236 g/mol. The molecule has 0 fully saturated rings. The third-order valence-electron chi connectivity index (χ3n) is 3.60. The molecule has 0 radical (unpaired) electrons. The lowest BCUT2D eigenvalue weighted by Crippen LogP contribution is -2.11. The molecule has 0 saturated carbocycles. The van der Waals surface area contributed by atoms with Gasteiger partial charge in [0.15, 0.2) is 0 Å². The lowest BCUT2D eigenvalue weighted by atomic mass is 9.93. The second-order valence-corrected chi connectivity index (χ2v) is 5.21. The van der Waals surface area contributed by atoms with Gasteiger partial charge in [0.05, 0.1) is 5.92 Å². The van der Waals surface area contributed by atoms with Crippen LogP contribution in [-0.2, 0) is 4.79 Å². The van der Waals surface area contributed by atoms with E-state index in [4.69, 9.17) is 0 Å². The summed E-state index contributed by atoms with van der Waals surface area (Å²) in [4.78, 5) is 11.3. The second kappa shape index (κ2) is 9.60. The molecule has 0 bridgehead atoms. The van der Waals surface area contributed by atoms with E-state index in [1.807, 2.05) is 30.3 Å². The molecule has 1 N–H and O–H groups in total. The highest BCUT2D eigenvalue weighted by Crippen LogP contribution is 2.23. The number of hydrogen-bond donors (Lipinski definition) is 1. The van der Waals surface area contributed by atoms with Crippen molar-refractivity contribution in [3.8, 4) is 0 Å². The van der Waals surface area contributed by atoms with E-state index in [1.165, 1.54) is 32.1 Å². The third kappa shape index (κ3) is 6.42. The van der Waals surface area contributed by atoms with Crippen LogP contribution < -0.4 is 0 Å². The largest absolute Gasteiger partial charge is 0.481 e. The molecule has 1 unspecified atom stereocenters. The van der Waals surface area contributed by atoms with Crippen LogP contribution in [0, 0.1) is 0 Å². The molecular formula is C17H26O2. The van der Waals surface area contributed by atoms with Gasteiger partial charge in [-0.05, 0) is 12.0 Å². The molecule has 0 heterocycles. The van der Waals surface area contributed by atoms with Gasteiger partial charge in [-0.1, -0.05) is 82.2 Å². The fourth-order valence-corrected chi connectivity index (χ4v) is 2.42. The van der Waals surface area contributed by atoms with E-state index in [9.17, 15) is 9.90 Å². The van der Waals surface area contributed by atoms with E-state index < -0.39 is 5.97 Å². The maximum Gasteiger partial charge on any atom is 0.310 e. The first-order chi connectivity index (χ1) is 9.25. The second-order valence-electron chi connectivity index (χ2n) is 5.21. The lowest BCUT2D eigenvalue weighted by Gasteiger charge is -2.12. The molecule has 1 atom stereocenters. The van der Waals surface area contributed by atoms with Gasteiger partial charge in [-0.2, -0.15) is 0 Å². The fourth-order valence-electron chi connectivity index (χ4n) is 2.42. The highest BCUT2D eigenvalue weighted by Gasteiger charge is 2.18. The Hall–Kier alpha value is -1.31. The number of hydrogen-bond acceptors (Lipinski definition) is 1. The Morgan fingerprint density at radius 2 is 1.58 bits per heavy atom. The fraction of sp³-hybridized carbons (Fsp3) is 0.588. The zero-order valence-electron chi connectivity index (χ0n) is 12.0. The molecule has 0 aliphatic rings. The number of benzene rings is 1. The molecule has 19 heavy (non-hydrogen) atoms. The summed E-state index contributed by atoms with van der Waals surface area (Å²) in [5, 5.41) is 9.30. The van der Waals surface area contributed by atoms with E-state index >= 15 is 0 Å². The standard InChI is InChI=1S/C17H26O2/c1-2-3-4-5-6-7-11-14-16(17(18)19)15-12-9-8-10-13-15/h8-10,12-13,16H,2-7,11,14H2,1H3,(H,18,19). The van der Waals surface area contributed by atoms with Crippen molar-refractivity contribution in [1.29, 1.82) is 0 Å². The molecule has 2 heteroatoms. The monoisotopic (exact) mass is 262 g/mol. The van der Waals surface area contributed by atoms with E-state index in [1.54, 1.807) is 0 Å². The molecule has 0 amide bonds. The van der Waals surface area contributed by atoms with Gasteiger partial charge < -0.3 is 5.11 Å². The number of rotatable bonds is 10. The molecule has 1 aromatic rings. The Morgan fingerprint density at radius 1 is 1.00 bits per heavy atom. The van der Waals surface area contributed by atoms with E-state index in [0.29, 0.717) is 0 Å². The van der Waals surface area contributed by atoms with Gasteiger partial charge >= 0.3 is 5.97 Å². The Morgan fingerprint density at radius 3 is 2.16 bits per heavy atom. The smallest absolute Gasteiger partial charge is 0.310 e. The first-order valence-electron chi connectivity index (χ1n) is 7.53. The molecule has 106 valence electrons. The van der Waals surface area contributed by atoms with Crippen LogP contribution in [0.4, 0.5) is 0 Å². The maximum absolute atomic E-state index is 11.3. The van der Waals surface area contributed by atoms with Crippen LogP contribution in [0.1, 0.15) is 69.8 Å². The van der Waals surface area contributed by atoms with Gasteiger partial charge in [0.2, 0.25) is 0 Å².